The van der Waals surface area contributed by atoms with Crippen LogP contribution in [0.2, 0.25) is 0 Å². The number of likely N-dealkylation sites (tertiary alicyclic amines) is 1. The Morgan fingerprint density at radius 3 is 2.34 bits per heavy atom. The Kier molecular flexibility index (Phi) is 16.0. The van der Waals surface area contributed by atoms with Crippen LogP contribution in [0.15, 0.2) is 101 Å². The molecule has 17 heteroatoms. The highest BCUT2D eigenvalue weighted by Crippen LogP contribution is 2.38. The fourth-order valence-electron chi connectivity index (χ4n) is 9.02. The first kappa shape index (κ1) is 50.5. The van der Waals surface area contributed by atoms with Crippen LogP contribution >= 0.6 is 11.3 Å². The second-order valence-electron chi connectivity index (χ2n) is 19.0. The normalized spacial score (nSPS) is 15.3. The number of carbonyl (C=O) groups excluding carboxylic acids is 4. The predicted molar refractivity (Wildman–Crippen MR) is 272 cm³/mol. The van der Waals surface area contributed by atoms with Crippen LogP contribution < -0.4 is 21.1 Å². The lowest BCUT2D eigenvalue weighted by molar-refractivity contribution is -0.144. The number of carbonyl (C=O) groups is 4. The van der Waals surface area contributed by atoms with E-state index in [0.717, 1.165) is 60.2 Å². The van der Waals surface area contributed by atoms with Crippen molar-refractivity contribution in [3.63, 3.8) is 0 Å². The number of primary amides is 1. The van der Waals surface area contributed by atoms with E-state index in [9.17, 15) is 24.3 Å². The van der Waals surface area contributed by atoms with Crippen molar-refractivity contribution < 1.29 is 43.0 Å². The van der Waals surface area contributed by atoms with Gasteiger partial charge in [0.1, 0.15) is 30.2 Å². The van der Waals surface area contributed by atoms with Crippen LogP contribution in [0.3, 0.4) is 0 Å². The predicted octanol–water partition coefficient (Wildman–Crippen LogP) is 7.34. The molecule has 7 aromatic rings. The number of amides is 4. The van der Waals surface area contributed by atoms with Crippen LogP contribution in [-0.4, -0.2) is 106 Å². The maximum Gasteiger partial charge on any atom is 0.249 e. The highest BCUT2D eigenvalue weighted by molar-refractivity contribution is 7.13. The fraction of sp³-hybridized carbons (Fsp3) is 0.370. The second kappa shape index (κ2) is 22.4. The van der Waals surface area contributed by atoms with E-state index in [-0.39, 0.29) is 38.6 Å². The zero-order valence-corrected chi connectivity index (χ0v) is 41.6. The minimum absolute atomic E-state index is 0.0190. The third-order valence-electron chi connectivity index (χ3n) is 12.7. The van der Waals surface area contributed by atoms with Crippen molar-refractivity contribution in [1.82, 2.24) is 30.2 Å². The number of hydrogen-bond donors (Lipinski definition) is 4. The minimum Gasteiger partial charge on any atom is -0.493 e. The van der Waals surface area contributed by atoms with Gasteiger partial charge in [0.25, 0.3) is 0 Å². The second-order valence-corrected chi connectivity index (χ2v) is 19.8. The number of fused-ring (bicyclic) bond motifs is 3. The number of nitrogens with one attached hydrogen (secondary N) is 2. The molecule has 372 valence electrons. The molecule has 0 saturated carbocycles. The van der Waals surface area contributed by atoms with Gasteiger partial charge in [-0.15, -0.1) is 11.3 Å². The molecule has 4 aromatic carbocycles. The molecule has 1 fully saturated rings. The van der Waals surface area contributed by atoms with E-state index in [0.29, 0.717) is 56.3 Å². The Bertz CT molecular complexity index is 2990. The van der Waals surface area contributed by atoms with Crippen molar-refractivity contribution in [1.29, 1.82) is 0 Å². The number of aromatic nitrogens is 3. The minimum atomic E-state index is -0.967. The number of aliphatic hydroxyl groups is 1. The van der Waals surface area contributed by atoms with E-state index in [2.05, 4.69) is 37.5 Å². The molecular weight excluding hydrogens is 923 g/mol. The standard InChI is InChI=1S/C54H61N7O9S/c1-33-49(71-32-57-33)37-15-13-35(14-16-37)27-56-52(65)46-25-39(62)30-61(46)53(66)50(54(3,4)5)59-47(63)31-68-21-9-19-67-20-10-22-69-40-17-18-44-41(26-40)48-42(51(55)64)23-38(43-28-58-70-34(43)2)24-45(48)60(44)29-36-11-7-6-8-12-36/h6-8,11-18,23-24,26,28,32,39,46,50,62H,9-10,19-22,25,27,29-31H2,1-5H3,(H2,55,64)(H,56,65)(H,59,63)/t39-,46+,50?/m1/s1. The number of aliphatic hydroxyl groups excluding tert-OH is 1. The molecule has 1 unspecified atom stereocenters. The van der Waals surface area contributed by atoms with Crippen LogP contribution in [0.4, 0.5) is 0 Å². The lowest BCUT2D eigenvalue weighted by Gasteiger charge is -2.35. The van der Waals surface area contributed by atoms with E-state index < -0.39 is 41.3 Å². The summed E-state index contributed by atoms with van der Waals surface area (Å²) < 4.78 is 25.2. The zero-order valence-electron chi connectivity index (χ0n) is 40.7. The van der Waals surface area contributed by atoms with Gasteiger partial charge in [0.05, 0.1) is 40.5 Å². The molecule has 16 nitrogen and oxygen atoms in total. The van der Waals surface area contributed by atoms with Crippen LogP contribution in [0.5, 0.6) is 5.75 Å². The number of thiazole rings is 1. The molecule has 1 aliphatic rings. The number of nitrogens with two attached hydrogens (primary N) is 1. The summed E-state index contributed by atoms with van der Waals surface area (Å²) in [6.07, 6.45) is 2.02. The highest BCUT2D eigenvalue weighted by atomic mass is 32.1. The smallest absolute Gasteiger partial charge is 0.249 e. The van der Waals surface area contributed by atoms with Crippen molar-refractivity contribution in [2.24, 2.45) is 11.1 Å². The monoisotopic (exact) mass is 983 g/mol. The lowest BCUT2D eigenvalue weighted by atomic mass is 9.85. The molecule has 0 radical (unpaired) electrons. The molecule has 71 heavy (non-hydrogen) atoms. The molecule has 8 rings (SSSR count). The number of benzene rings is 4. The number of ether oxygens (including phenoxy) is 3. The van der Waals surface area contributed by atoms with Crippen LogP contribution in [0, 0.1) is 19.3 Å². The lowest BCUT2D eigenvalue weighted by Crippen LogP contribution is -2.58. The fourth-order valence-corrected chi connectivity index (χ4v) is 9.83. The van der Waals surface area contributed by atoms with Crippen molar-refractivity contribution in [3.05, 3.63) is 125 Å². The molecule has 4 heterocycles. The van der Waals surface area contributed by atoms with Gasteiger partial charge in [-0.05, 0) is 78.3 Å². The van der Waals surface area contributed by atoms with Gasteiger partial charge in [0, 0.05) is 79.7 Å². The third kappa shape index (κ3) is 12.0. The highest BCUT2D eigenvalue weighted by Gasteiger charge is 2.44. The van der Waals surface area contributed by atoms with Crippen LogP contribution in [-0.2, 0) is 36.9 Å². The molecular formula is C54H61N7O9S. The summed E-state index contributed by atoms with van der Waals surface area (Å²) in [5.41, 5.74) is 14.9. The molecule has 0 bridgehead atoms. The Labute approximate surface area is 416 Å². The Morgan fingerprint density at radius 2 is 1.65 bits per heavy atom. The average molecular weight is 984 g/mol. The van der Waals surface area contributed by atoms with Crippen molar-refractivity contribution in [2.75, 3.05) is 39.6 Å². The maximum atomic E-state index is 14.0. The zero-order chi connectivity index (χ0) is 50.2. The number of β-amino-alcohol motifs (C(OH)–C–C–N with tert-alkyl or cyclic N) is 1. The van der Waals surface area contributed by atoms with E-state index in [1.165, 1.54) is 4.90 Å². The Morgan fingerprint density at radius 1 is 0.901 bits per heavy atom. The van der Waals surface area contributed by atoms with E-state index in [1.807, 2.05) is 107 Å². The first-order valence-corrected chi connectivity index (χ1v) is 24.7. The van der Waals surface area contributed by atoms with Gasteiger partial charge in [0.15, 0.2) is 0 Å². The summed E-state index contributed by atoms with van der Waals surface area (Å²) in [4.78, 5) is 60.4. The van der Waals surface area contributed by atoms with Crippen molar-refractivity contribution in [3.8, 4) is 27.3 Å². The quantitative estimate of drug-likeness (QED) is 0.0523. The molecule has 3 atom stereocenters. The topological polar surface area (TPSA) is 213 Å². The molecule has 5 N–H and O–H groups in total. The third-order valence-corrected chi connectivity index (χ3v) is 13.6. The summed E-state index contributed by atoms with van der Waals surface area (Å²) in [5.74, 6) is -0.544. The van der Waals surface area contributed by atoms with Crippen molar-refractivity contribution >= 4 is 56.8 Å². The largest absolute Gasteiger partial charge is 0.493 e. The number of nitrogens with zero attached hydrogens (tertiary/aromatic N) is 4. The Balaban J connectivity index is 0.783. The molecule has 1 saturated heterocycles. The molecule has 0 aliphatic carbocycles. The number of aryl methyl sites for hydroxylation is 2. The summed E-state index contributed by atoms with van der Waals surface area (Å²) in [5, 5.41) is 21.9. The summed E-state index contributed by atoms with van der Waals surface area (Å²) in [6, 6.07) is 25.8. The first-order chi connectivity index (χ1) is 34.2. The summed E-state index contributed by atoms with van der Waals surface area (Å²) in [7, 11) is 0. The summed E-state index contributed by atoms with van der Waals surface area (Å²) >= 11 is 1.57. The summed E-state index contributed by atoms with van der Waals surface area (Å²) in [6.45, 7) is 11.3. The van der Waals surface area contributed by atoms with Gasteiger partial charge >= 0.3 is 0 Å². The van der Waals surface area contributed by atoms with Gasteiger partial charge in [0.2, 0.25) is 23.6 Å². The number of rotatable bonds is 21. The van der Waals surface area contributed by atoms with E-state index in [1.54, 1.807) is 23.6 Å². The van der Waals surface area contributed by atoms with Crippen LogP contribution in [0.25, 0.3) is 43.4 Å². The SMILES string of the molecule is Cc1ncsc1-c1ccc(CNC(=O)[C@@H]2C[C@@H](O)CN2C(=O)C(NC(=O)COCCCOCCCOc2ccc3c(c2)c2c(C(N)=O)cc(-c4cnoc4C)cc2n3Cc2ccccc2)C(C)(C)C)cc1. The van der Waals surface area contributed by atoms with Gasteiger partial charge in [-0.3, -0.25) is 19.2 Å². The van der Waals surface area contributed by atoms with E-state index >= 15 is 0 Å². The first-order valence-electron chi connectivity index (χ1n) is 23.8. The van der Waals surface area contributed by atoms with E-state index in [4.69, 9.17) is 24.5 Å². The maximum absolute atomic E-state index is 14.0. The Hall–Kier alpha value is -6.92. The van der Waals surface area contributed by atoms with Gasteiger partial charge in [-0.25, -0.2) is 4.98 Å². The molecule has 0 spiro atoms. The van der Waals surface area contributed by atoms with Crippen LogP contribution in [0.1, 0.15) is 73.0 Å². The average Bonchev–Trinajstić information content (AvgIpc) is 4.15. The molecule has 4 amide bonds. The molecule has 1 aliphatic heterocycles. The van der Waals surface area contributed by atoms with Crippen molar-refractivity contribution in [2.45, 2.75) is 85.2 Å². The van der Waals surface area contributed by atoms with Gasteiger partial charge < -0.3 is 49.7 Å². The molecule has 3 aromatic heterocycles. The van der Waals surface area contributed by atoms with Gasteiger partial charge in [-0.2, -0.15) is 0 Å². The number of hydrogen-bond acceptors (Lipinski definition) is 12. The van der Waals surface area contributed by atoms with Gasteiger partial charge in [-0.1, -0.05) is 80.5 Å².